The molecule has 0 radical (unpaired) electrons. The van der Waals surface area contributed by atoms with Crippen molar-refractivity contribution >= 4 is 5.91 Å². The van der Waals surface area contributed by atoms with Gasteiger partial charge < -0.3 is 9.64 Å². The van der Waals surface area contributed by atoms with Gasteiger partial charge in [-0.25, -0.2) is 4.98 Å². The molecule has 1 aromatic heterocycles. The fourth-order valence-electron chi connectivity index (χ4n) is 1.76. The summed E-state index contributed by atoms with van der Waals surface area (Å²) < 4.78 is 42.7. The average Bonchev–Trinajstić information content (AvgIpc) is 2.54. The number of nitrogens with zero attached hydrogens (tertiary/aromatic N) is 2. The molecule has 0 atom stereocenters. The Bertz CT molecular complexity index is 667. The first-order valence-corrected chi connectivity index (χ1v) is 6.88. The number of pyridine rings is 1. The first-order valence-electron chi connectivity index (χ1n) is 6.88. The number of hydrogen-bond donors (Lipinski definition) is 0. The van der Waals surface area contributed by atoms with Gasteiger partial charge in [0.25, 0.3) is 5.91 Å². The Morgan fingerprint density at radius 3 is 2.30 bits per heavy atom. The van der Waals surface area contributed by atoms with Crippen LogP contribution in [0.4, 0.5) is 13.2 Å². The van der Waals surface area contributed by atoms with E-state index < -0.39 is 11.7 Å². The van der Waals surface area contributed by atoms with E-state index in [0.29, 0.717) is 24.1 Å². The maximum atomic E-state index is 12.4. The number of benzene rings is 1. The molecular formula is C16H15F3N2O2. The average molecular weight is 324 g/mol. The summed E-state index contributed by atoms with van der Waals surface area (Å²) in [5.41, 5.74) is -0.338. The summed E-state index contributed by atoms with van der Waals surface area (Å²) >= 11 is 0. The molecular weight excluding hydrogens is 309 g/mol. The van der Waals surface area contributed by atoms with E-state index in [2.05, 4.69) is 4.98 Å². The Kier molecular flexibility index (Phi) is 4.88. The highest BCUT2D eigenvalue weighted by molar-refractivity contribution is 5.94. The lowest BCUT2D eigenvalue weighted by atomic mass is 10.2. The lowest BCUT2D eigenvalue weighted by Crippen LogP contribution is -2.26. The Balaban J connectivity index is 2.08. The van der Waals surface area contributed by atoms with Crippen LogP contribution in [0.1, 0.15) is 22.8 Å². The van der Waals surface area contributed by atoms with E-state index in [-0.39, 0.29) is 11.8 Å². The molecule has 0 aliphatic rings. The minimum absolute atomic E-state index is 0.0442. The third-order valence-corrected chi connectivity index (χ3v) is 3.21. The second-order valence-corrected chi connectivity index (χ2v) is 4.83. The van der Waals surface area contributed by atoms with Gasteiger partial charge in [0.2, 0.25) is 5.88 Å². The largest absolute Gasteiger partial charge is 0.439 e. The number of halogens is 3. The molecule has 0 aliphatic carbocycles. The van der Waals surface area contributed by atoms with Gasteiger partial charge in [0.15, 0.2) is 0 Å². The van der Waals surface area contributed by atoms with E-state index in [4.69, 9.17) is 4.74 Å². The first kappa shape index (κ1) is 16.8. The van der Waals surface area contributed by atoms with E-state index in [1.165, 1.54) is 0 Å². The van der Waals surface area contributed by atoms with E-state index in [1.54, 1.807) is 36.2 Å². The summed E-state index contributed by atoms with van der Waals surface area (Å²) in [7, 11) is 1.69. The van der Waals surface area contributed by atoms with Gasteiger partial charge in [-0.1, -0.05) is 0 Å². The van der Waals surface area contributed by atoms with Gasteiger partial charge in [0, 0.05) is 31.4 Å². The molecule has 0 fully saturated rings. The Morgan fingerprint density at radius 2 is 1.83 bits per heavy atom. The summed E-state index contributed by atoms with van der Waals surface area (Å²) in [6.07, 6.45) is -3.72. The molecule has 0 bridgehead atoms. The van der Waals surface area contributed by atoms with Crippen molar-refractivity contribution in [1.29, 1.82) is 0 Å². The van der Waals surface area contributed by atoms with Crippen LogP contribution < -0.4 is 4.74 Å². The number of carbonyl (C=O) groups is 1. The number of carbonyl (C=O) groups excluding carboxylic acids is 1. The van der Waals surface area contributed by atoms with Crippen LogP contribution in [0.3, 0.4) is 0 Å². The number of rotatable bonds is 4. The van der Waals surface area contributed by atoms with Crippen molar-refractivity contribution in [1.82, 2.24) is 9.88 Å². The first-order chi connectivity index (χ1) is 10.8. The molecule has 0 saturated carbocycles. The van der Waals surface area contributed by atoms with Crippen LogP contribution in [0, 0.1) is 0 Å². The lowest BCUT2D eigenvalue weighted by Gasteiger charge is -2.14. The smallest absolute Gasteiger partial charge is 0.417 e. The molecule has 122 valence electrons. The highest BCUT2D eigenvalue weighted by Gasteiger charge is 2.30. The van der Waals surface area contributed by atoms with Crippen LogP contribution in [0.25, 0.3) is 0 Å². The predicted molar refractivity (Wildman–Crippen MR) is 78.4 cm³/mol. The molecule has 0 saturated heterocycles. The lowest BCUT2D eigenvalue weighted by molar-refractivity contribution is -0.137. The zero-order valence-electron chi connectivity index (χ0n) is 12.6. The summed E-state index contributed by atoms with van der Waals surface area (Å²) in [5, 5.41) is 0. The topological polar surface area (TPSA) is 42.4 Å². The fourth-order valence-corrected chi connectivity index (χ4v) is 1.76. The highest BCUT2D eigenvalue weighted by atomic mass is 19.4. The molecule has 1 heterocycles. The maximum Gasteiger partial charge on any atom is 0.417 e. The number of alkyl halides is 3. The number of aromatic nitrogens is 1. The van der Waals surface area contributed by atoms with E-state index in [1.807, 2.05) is 6.92 Å². The molecule has 1 amide bonds. The standard InChI is InChI=1S/C16H15F3N2O2/c1-3-21(2)15(22)11-4-7-13(8-5-11)23-14-9-6-12(10-20-14)16(17,18)19/h4-10H,3H2,1-2H3. The molecule has 2 rings (SSSR count). The summed E-state index contributed by atoms with van der Waals surface area (Å²) in [6.45, 7) is 2.46. The third kappa shape index (κ3) is 4.21. The SMILES string of the molecule is CCN(C)C(=O)c1ccc(Oc2ccc(C(F)(F)F)cn2)cc1. The quantitative estimate of drug-likeness (QED) is 0.854. The maximum absolute atomic E-state index is 12.4. The molecule has 1 aromatic carbocycles. The van der Waals surface area contributed by atoms with Crippen molar-refractivity contribution in [2.45, 2.75) is 13.1 Å². The van der Waals surface area contributed by atoms with Gasteiger partial charge in [-0.2, -0.15) is 13.2 Å². The summed E-state index contributed by atoms with van der Waals surface area (Å²) in [4.78, 5) is 17.1. The molecule has 7 heteroatoms. The molecule has 23 heavy (non-hydrogen) atoms. The van der Waals surface area contributed by atoms with E-state index in [0.717, 1.165) is 12.1 Å². The van der Waals surface area contributed by atoms with Gasteiger partial charge in [-0.3, -0.25) is 4.79 Å². The van der Waals surface area contributed by atoms with Gasteiger partial charge in [0.1, 0.15) is 5.75 Å². The van der Waals surface area contributed by atoms with Crippen LogP contribution in [-0.2, 0) is 6.18 Å². The van der Waals surface area contributed by atoms with E-state index >= 15 is 0 Å². The fraction of sp³-hybridized carbons (Fsp3) is 0.250. The number of amides is 1. The Hall–Kier alpha value is -2.57. The molecule has 0 spiro atoms. The van der Waals surface area contributed by atoms with Gasteiger partial charge in [-0.15, -0.1) is 0 Å². The summed E-state index contributed by atoms with van der Waals surface area (Å²) in [5.74, 6) is 0.308. The van der Waals surface area contributed by atoms with E-state index in [9.17, 15) is 18.0 Å². The van der Waals surface area contributed by atoms with Crippen molar-refractivity contribution in [3.63, 3.8) is 0 Å². The van der Waals surface area contributed by atoms with Crippen molar-refractivity contribution in [3.05, 3.63) is 53.7 Å². The molecule has 0 N–H and O–H groups in total. The number of hydrogen-bond acceptors (Lipinski definition) is 3. The second-order valence-electron chi connectivity index (χ2n) is 4.83. The molecule has 0 unspecified atom stereocenters. The monoisotopic (exact) mass is 324 g/mol. The van der Waals surface area contributed by atoms with Crippen molar-refractivity contribution in [3.8, 4) is 11.6 Å². The van der Waals surface area contributed by atoms with Gasteiger partial charge >= 0.3 is 6.18 Å². The van der Waals surface area contributed by atoms with Crippen LogP contribution in [0.2, 0.25) is 0 Å². The molecule has 2 aromatic rings. The van der Waals surface area contributed by atoms with Crippen LogP contribution in [0.15, 0.2) is 42.6 Å². The Morgan fingerprint density at radius 1 is 1.17 bits per heavy atom. The minimum atomic E-state index is -4.43. The third-order valence-electron chi connectivity index (χ3n) is 3.21. The highest BCUT2D eigenvalue weighted by Crippen LogP contribution is 2.30. The normalized spacial score (nSPS) is 11.2. The Labute approximate surface area is 131 Å². The van der Waals surface area contributed by atoms with Crippen molar-refractivity contribution in [2.24, 2.45) is 0 Å². The van der Waals surface area contributed by atoms with Gasteiger partial charge in [0.05, 0.1) is 5.56 Å². The molecule has 0 aliphatic heterocycles. The zero-order chi connectivity index (χ0) is 17.0. The van der Waals surface area contributed by atoms with Crippen LogP contribution >= 0.6 is 0 Å². The zero-order valence-corrected chi connectivity index (χ0v) is 12.6. The molecule has 4 nitrogen and oxygen atoms in total. The number of ether oxygens (including phenoxy) is 1. The van der Waals surface area contributed by atoms with Crippen molar-refractivity contribution < 1.29 is 22.7 Å². The minimum Gasteiger partial charge on any atom is -0.439 e. The van der Waals surface area contributed by atoms with Crippen LogP contribution in [-0.4, -0.2) is 29.4 Å². The second kappa shape index (κ2) is 6.68. The van der Waals surface area contributed by atoms with Crippen LogP contribution in [0.5, 0.6) is 11.6 Å². The van der Waals surface area contributed by atoms with Gasteiger partial charge in [-0.05, 0) is 37.3 Å². The summed E-state index contributed by atoms with van der Waals surface area (Å²) in [6, 6.07) is 8.36. The predicted octanol–water partition coefficient (Wildman–Crippen LogP) is 3.98. The van der Waals surface area contributed by atoms with Crippen molar-refractivity contribution in [2.75, 3.05) is 13.6 Å².